The molecule has 1 aliphatic heterocycles. The summed E-state index contributed by atoms with van der Waals surface area (Å²) in [4.78, 5) is 2.50. The third-order valence-electron chi connectivity index (χ3n) is 5.45. The van der Waals surface area contributed by atoms with Gasteiger partial charge in [-0.05, 0) is 32.6 Å². The molecular formula is C20H41NO. The number of hydrogen-bond acceptors (Lipinski definition) is 2. The van der Waals surface area contributed by atoms with Crippen molar-refractivity contribution < 1.29 is 5.11 Å². The van der Waals surface area contributed by atoms with Gasteiger partial charge in [-0.25, -0.2) is 0 Å². The zero-order valence-electron chi connectivity index (χ0n) is 15.7. The Bertz CT molecular complexity index is 269. The maximum atomic E-state index is 9.99. The Kier molecular flexibility index (Phi) is 9.66. The first kappa shape index (κ1) is 20.0. The molecule has 2 unspecified atom stereocenters. The molecule has 0 amide bonds. The van der Waals surface area contributed by atoms with E-state index >= 15 is 0 Å². The Labute approximate surface area is 139 Å². The van der Waals surface area contributed by atoms with Crippen LogP contribution in [0.15, 0.2) is 0 Å². The van der Waals surface area contributed by atoms with Crippen molar-refractivity contribution in [3.05, 3.63) is 0 Å². The van der Waals surface area contributed by atoms with E-state index in [4.69, 9.17) is 0 Å². The van der Waals surface area contributed by atoms with Crippen molar-refractivity contribution in [1.82, 2.24) is 4.90 Å². The fourth-order valence-electron chi connectivity index (χ4n) is 3.88. The maximum Gasteiger partial charge on any atom is 0.0872 e. The number of β-amino-alcohol motifs (C(OH)–C–C–N with tert-alkyl or cyclic N) is 1. The molecule has 0 aliphatic carbocycles. The molecule has 2 nitrogen and oxygen atoms in total. The Balaban J connectivity index is 2.32. The monoisotopic (exact) mass is 311 g/mol. The molecule has 22 heavy (non-hydrogen) atoms. The number of unbranched alkanes of at least 4 members (excludes halogenated alkanes) is 7. The Morgan fingerprint density at radius 3 is 1.77 bits per heavy atom. The van der Waals surface area contributed by atoms with Gasteiger partial charge in [0.1, 0.15) is 0 Å². The summed E-state index contributed by atoms with van der Waals surface area (Å²) in [5, 5.41) is 9.99. The summed E-state index contributed by atoms with van der Waals surface area (Å²) in [5.74, 6) is 0.828. The van der Waals surface area contributed by atoms with E-state index in [0.717, 1.165) is 19.0 Å². The Hall–Kier alpha value is -0.0800. The summed E-state index contributed by atoms with van der Waals surface area (Å²) < 4.78 is 0. The molecule has 0 aromatic rings. The number of aliphatic hydroxyl groups is 1. The van der Waals surface area contributed by atoms with E-state index in [2.05, 4.69) is 25.7 Å². The third kappa shape index (κ3) is 7.46. The summed E-state index contributed by atoms with van der Waals surface area (Å²) in [6.45, 7) is 10.7. The normalized spacial score (nSPS) is 20.6. The Morgan fingerprint density at radius 2 is 1.32 bits per heavy atom. The van der Waals surface area contributed by atoms with Crippen molar-refractivity contribution in [2.24, 2.45) is 5.92 Å². The first-order valence-corrected chi connectivity index (χ1v) is 9.96. The number of rotatable bonds is 13. The number of hydrogen-bond donors (Lipinski definition) is 1. The lowest BCUT2D eigenvalue weighted by atomic mass is 9.84. The van der Waals surface area contributed by atoms with Crippen molar-refractivity contribution in [2.45, 2.75) is 110 Å². The van der Waals surface area contributed by atoms with Crippen LogP contribution in [0.3, 0.4) is 0 Å². The minimum atomic E-state index is -0.428. The Morgan fingerprint density at radius 1 is 0.864 bits per heavy atom. The SMILES string of the molecule is CCCCCCCC(CCCCCC)C(C)N1CC(C)(O)C1. The van der Waals surface area contributed by atoms with Crippen LogP contribution in [0.4, 0.5) is 0 Å². The van der Waals surface area contributed by atoms with Gasteiger partial charge < -0.3 is 5.11 Å². The van der Waals surface area contributed by atoms with Crippen LogP contribution in [0.25, 0.3) is 0 Å². The highest BCUT2D eigenvalue weighted by Gasteiger charge is 2.40. The highest BCUT2D eigenvalue weighted by Crippen LogP contribution is 2.30. The van der Waals surface area contributed by atoms with Crippen molar-refractivity contribution >= 4 is 0 Å². The highest BCUT2D eigenvalue weighted by molar-refractivity contribution is 4.95. The van der Waals surface area contributed by atoms with E-state index in [1.165, 1.54) is 70.6 Å². The molecule has 0 saturated carbocycles. The quantitative estimate of drug-likeness (QED) is 0.461. The minimum Gasteiger partial charge on any atom is -0.388 e. The minimum absolute atomic E-state index is 0.428. The molecule has 0 aromatic heterocycles. The second kappa shape index (κ2) is 10.6. The lowest BCUT2D eigenvalue weighted by Crippen LogP contribution is -2.63. The molecule has 1 fully saturated rings. The highest BCUT2D eigenvalue weighted by atomic mass is 16.3. The molecule has 132 valence electrons. The second-order valence-corrected chi connectivity index (χ2v) is 7.95. The molecule has 1 rings (SSSR count). The van der Waals surface area contributed by atoms with Gasteiger partial charge in [0, 0.05) is 19.1 Å². The van der Waals surface area contributed by atoms with Crippen molar-refractivity contribution in [3.8, 4) is 0 Å². The zero-order chi connectivity index (χ0) is 16.4. The molecule has 1 saturated heterocycles. The number of likely N-dealkylation sites (tertiary alicyclic amines) is 1. The van der Waals surface area contributed by atoms with Crippen LogP contribution in [-0.2, 0) is 0 Å². The summed E-state index contributed by atoms with van der Waals surface area (Å²) in [6.07, 6.45) is 15.2. The standard InChI is InChI=1S/C20H41NO/c1-5-7-9-11-13-15-19(14-12-10-8-6-2)18(3)21-16-20(4,22)17-21/h18-19,22H,5-17H2,1-4H3. The fourth-order valence-corrected chi connectivity index (χ4v) is 3.88. The predicted molar refractivity (Wildman–Crippen MR) is 97.3 cm³/mol. The van der Waals surface area contributed by atoms with Crippen molar-refractivity contribution in [3.63, 3.8) is 0 Å². The van der Waals surface area contributed by atoms with Gasteiger partial charge >= 0.3 is 0 Å². The molecule has 1 aliphatic rings. The first-order valence-electron chi connectivity index (χ1n) is 9.96. The largest absolute Gasteiger partial charge is 0.388 e. The van der Waals surface area contributed by atoms with Crippen LogP contribution in [-0.4, -0.2) is 34.7 Å². The molecule has 0 aromatic carbocycles. The lowest BCUT2D eigenvalue weighted by molar-refractivity contribution is -0.109. The molecule has 2 heteroatoms. The first-order chi connectivity index (χ1) is 10.5. The summed E-state index contributed by atoms with van der Waals surface area (Å²) >= 11 is 0. The fraction of sp³-hybridized carbons (Fsp3) is 1.00. The summed E-state index contributed by atoms with van der Waals surface area (Å²) in [7, 11) is 0. The van der Waals surface area contributed by atoms with Gasteiger partial charge in [0.15, 0.2) is 0 Å². The van der Waals surface area contributed by atoms with Crippen LogP contribution < -0.4 is 0 Å². The van der Waals surface area contributed by atoms with E-state index in [1.807, 2.05) is 6.92 Å². The van der Waals surface area contributed by atoms with Gasteiger partial charge in [-0.1, -0.05) is 71.6 Å². The zero-order valence-corrected chi connectivity index (χ0v) is 15.7. The lowest BCUT2D eigenvalue weighted by Gasteiger charge is -2.49. The topological polar surface area (TPSA) is 23.5 Å². The van der Waals surface area contributed by atoms with E-state index in [0.29, 0.717) is 6.04 Å². The van der Waals surface area contributed by atoms with Crippen LogP contribution in [0.2, 0.25) is 0 Å². The van der Waals surface area contributed by atoms with Crippen LogP contribution in [0.5, 0.6) is 0 Å². The second-order valence-electron chi connectivity index (χ2n) is 7.95. The average Bonchev–Trinajstić information content (AvgIpc) is 2.46. The predicted octanol–water partition coefficient (Wildman–Crippen LogP) is 5.39. The van der Waals surface area contributed by atoms with Crippen LogP contribution in [0.1, 0.15) is 98.3 Å². The molecule has 0 bridgehead atoms. The van der Waals surface area contributed by atoms with Gasteiger partial charge in [0.05, 0.1) is 5.60 Å². The summed E-state index contributed by atoms with van der Waals surface area (Å²) in [6, 6.07) is 0.646. The van der Waals surface area contributed by atoms with Gasteiger partial charge in [-0.15, -0.1) is 0 Å². The summed E-state index contributed by atoms with van der Waals surface area (Å²) in [5.41, 5.74) is -0.428. The van der Waals surface area contributed by atoms with Crippen LogP contribution in [0, 0.1) is 5.92 Å². The maximum absolute atomic E-state index is 9.99. The smallest absolute Gasteiger partial charge is 0.0872 e. The van der Waals surface area contributed by atoms with E-state index in [9.17, 15) is 5.11 Å². The van der Waals surface area contributed by atoms with Gasteiger partial charge in [0.2, 0.25) is 0 Å². The van der Waals surface area contributed by atoms with Crippen molar-refractivity contribution in [2.75, 3.05) is 13.1 Å². The van der Waals surface area contributed by atoms with E-state index in [-0.39, 0.29) is 0 Å². The number of nitrogens with zero attached hydrogens (tertiary/aromatic N) is 1. The molecule has 0 spiro atoms. The molecular weight excluding hydrogens is 270 g/mol. The van der Waals surface area contributed by atoms with E-state index < -0.39 is 5.60 Å². The van der Waals surface area contributed by atoms with Crippen molar-refractivity contribution in [1.29, 1.82) is 0 Å². The van der Waals surface area contributed by atoms with Gasteiger partial charge in [0.25, 0.3) is 0 Å². The molecule has 0 radical (unpaired) electrons. The molecule has 2 atom stereocenters. The van der Waals surface area contributed by atoms with E-state index in [1.54, 1.807) is 0 Å². The van der Waals surface area contributed by atoms with Gasteiger partial charge in [-0.3, -0.25) is 4.90 Å². The molecule has 1 heterocycles. The van der Waals surface area contributed by atoms with Gasteiger partial charge in [-0.2, -0.15) is 0 Å². The van der Waals surface area contributed by atoms with Crippen LogP contribution >= 0.6 is 0 Å². The molecule has 1 N–H and O–H groups in total. The average molecular weight is 312 g/mol. The third-order valence-corrected chi connectivity index (χ3v) is 5.45.